The number of nitro benzene ring substituents is 1. The number of non-ortho nitro benzene ring substituents is 1. The van der Waals surface area contributed by atoms with Crippen LogP contribution in [0.5, 0.6) is 0 Å². The Balaban J connectivity index is 0.00000172. The number of aliphatic hydroxyl groups is 1. The average Bonchev–Trinajstić information content (AvgIpc) is 2.49. The molecule has 0 unspecified atom stereocenters. The maximum Gasteiger partial charge on any atom is 0.269 e. The molecule has 0 saturated carbocycles. The maximum absolute atomic E-state index is 10.5. The van der Waals surface area contributed by atoms with E-state index in [9.17, 15) is 10.1 Å². The van der Waals surface area contributed by atoms with Gasteiger partial charge in [0, 0.05) is 23.6 Å². The molecule has 4 nitrogen and oxygen atoms in total. The van der Waals surface area contributed by atoms with Crippen LogP contribution in [0.25, 0.3) is 0 Å². The Hall–Kier alpha value is -1.07. The van der Waals surface area contributed by atoms with Gasteiger partial charge in [-0.2, -0.15) is 0 Å². The summed E-state index contributed by atoms with van der Waals surface area (Å²) in [6.45, 7) is 4.29. The van der Waals surface area contributed by atoms with Crippen LogP contribution < -0.4 is 0 Å². The van der Waals surface area contributed by atoms with E-state index in [-0.39, 0.29) is 17.2 Å². The highest BCUT2D eigenvalue weighted by Gasteiger charge is 2.03. The molecule has 0 saturated heterocycles. The molecule has 20 heavy (non-hydrogen) atoms. The topological polar surface area (TPSA) is 63.4 Å². The van der Waals surface area contributed by atoms with Crippen LogP contribution in [0.15, 0.2) is 29.2 Å². The molecule has 0 aliphatic carbocycles. The molecular formula is C15H25NO3S. The zero-order chi connectivity index (χ0) is 15.2. The second-order valence-electron chi connectivity index (χ2n) is 4.09. The van der Waals surface area contributed by atoms with Crippen LogP contribution in [0.1, 0.15) is 46.0 Å². The van der Waals surface area contributed by atoms with Gasteiger partial charge in [-0.1, -0.05) is 33.1 Å². The van der Waals surface area contributed by atoms with E-state index in [0.29, 0.717) is 0 Å². The van der Waals surface area contributed by atoms with Crippen LogP contribution in [-0.4, -0.2) is 22.4 Å². The largest absolute Gasteiger partial charge is 0.396 e. The standard InChI is InChI=1S/C13H19NO3S.C2H6/c15-10-4-2-1-3-5-11-18-13-8-6-12(7-9-13)14(16)17;1-2/h6-9,15H,1-5,10-11H2;1-2H3. The number of aliphatic hydroxyl groups excluding tert-OH is 1. The van der Waals surface area contributed by atoms with Crippen molar-refractivity contribution in [1.82, 2.24) is 0 Å². The van der Waals surface area contributed by atoms with Crippen molar-refractivity contribution in [3.8, 4) is 0 Å². The first-order valence-electron chi connectivity index (χ1n) is 7.22. The molecule has 0 spiro atoms. The first-order valence-corrected chi connectivity index (χ1v) is 8.20. The number of nitrogens with zero attached hydrogens (tertiary/aromatic N) is 1. The molecule has 0 aliphatic rings. The first kappa shape index (κ1) is 18.9. The number of hydrogen-bond acceptors (Lipinski definition) is 4. The molecule has 0 radical (unpaired) electrons. The summed E-state index contributed by atoms with van der Waals surface area (Å²) in [6.07, 6.45) is 5.49. The molecule has 0 aromatic heterocycles. The molecule has 0 heterocycles. The Labute approximate surface area is 125 Å². The van der Waals surface area contributed by atoms with Gasteiger partial charge < -0.3 is 5.11 Å². The maximum atomic E-state index is 10.5. The number of nitro groups is 1. The van der Waals surface area contributed by atoms with Crippen LogP contribution in [0, 0.1) is 10.1 Å². The zero-order valence-electron chi connectivity index (χ0n) is 12.4. The highest BCUT2D eigenvalue weighted by atomic mass is 32.2. The Kier molecular flexibility index (Phi) is 12.2. The molecule has 114 valence electrons. The lowest BCUT2D eigenvalue weighted by molar-refractivity contribution is -0.384. The average molecular weight is 299 g/mol. The minimum atomic E-state index is -0.379. The lowest BCUT2D eigenvalue weighted by Gasteiger charge is -2.02. The summed E-state index contributed by atoms with van der Waals surface area (Å²) in [7, 11) is 0. The minimum Gasteiger partial charge on any atom is -0.396 e. The minimum absolute atomic E-state index is 0.142. The van der Waals surface area contributed by atoms with E-state index in [2.05, 4.69) is 0 Å². The fourth-order valence-corrected chi connectivity index (χ4v) is 2.51. The van der Waals surface area contributed by atoms with Crippen LogP contribution in [0.3, 0.4) is 0 Å². The highest BCUT2D eigenvalue weighted by Crippen LogP contribution is 2.22. The first-order chi connectivity index (χ1) is 9.74. The van der Waals surface area contributed by atoms with Crippen molar-refractivity contribution < 1.29 is 10.0 Å². The molecule has 0 fully saturated rings. The number of thioether (sulfide) groups is 1. The van der Waals surface area contributed by atoms with Crippen LogP contribution in [0.4, 0.5) is 5.69 Å². The van der Waals surface area contributed by atoms with Gasteiger partial charge in [-0.25, -0.2) is 0 Å². The molecule has 0 aliphatic heterocycles. The van der Waals surface area contributed by atoms with Gasteiger partial charge >= 0.3 is 0 Å². The van der Waals surface area contributed by atoms with Crippen LogP contribution in [-0.2, 0) is 0 Å². The number of hydrogen-bond donors (Lipinski definition) is 1. The Morgan fingerprint density at radius 3 is 2.15 bits per heavy atom. The van der Waals surface area contributed by atoms with Crippen molar-refractivity contribution >= 4 is 17.4 Å². The third kappa shape index (κ3) is 8.93. The lowest BCUT2D eigenvalue weighted by atomic mass is 10.2. The number of unbranched alkanes of at least 4 members (excludes halogenated alkanes) is 4. The summed E-state index contributed by atoms with van der Waals surface area (Å²) >= 11 is 1.73. The Morgan fingerprint density at radius 1 is 1.05 bits per heavy atom. The molecule has 0 atom stereocenters. The van der Waals surface area contributed by atoms with Gasteiger partial charge in [0.25, 0.3) is 5.69 Å². The van der Waals surface area contributed by atoms with Gasteiger partial charge in [0.1, 0.15) is 0 Å². The molecule has 1 aromatic rings. The van der Waals surface area contributed by atoms with E-state index in [0.717, 1.165) is 29.9 Å². The van der Waals surface area contributed by atoms with E-state index in [4.69, 9.17) is 5.11 Å². The van der Waals surface area contributed by atoms with Crippen LogP contribution >= 0.6 is 11.8 Å². The summed E-state index contributed by atoms with van der Waals surface area (Å²) in [5, 5.41) is 19.1. The highest BCUT2D eigenvalue weighted by molar-refractivity contribution is 7.99. The van der Waals surface area contributed by atoms with Gasteiger partial charge in [-0.3, -0.25) is 10.1 Å². The normalized spacial score (nSPS) is 9.75. The summed E-state index contributed by atoms with van der Waals surface area (Å²) in [6, 6.07) is 6.69. The molecule has 5 heteroatoms. The molecule has 1 N–H and O–H groups in total. The third-order valence-electron chi connectivity index (χ3n) is 2.62. The molecule has 0 amide bonds. The van der Waals surface area contributed by atoms with Crippen molar-refractivity contribution in [2.24, 2.45) is 0 Å². The third-order valence-corrected chi connectivity index (χ3v) is 3.72. The molecule has 0 bridgehead atoms. The summed E-state index contributed by atoms with van der Waals surface area (Å²) in [4.78, 5) is 11.2. The quantitative estimate of drug-likeness (QED) is 0.312. The molecule has 1 rings (SSSR count). The van der Waals surface area contributed by atoms with Crippen LogP contribution in [0.2, 0.25) is 0 Å². The van der Waals surface area contributed by atoms with Crippen molar-refractivity contribution in [3.05, 3.63) is 34.4 Å². The summed E-state index contributed by atoms with van der Waals surface area (Å²) in [5.41, 5.74) is 0.142. The van der Waals surface area contributed by atoms with Gasteiger partial charge in [-0.05, 0) is 30.7 Å². The SMILES string of the molecule is CC.O=[N+]([O-])c1ccc(SCCCCCCCO)cc1. The van der Waals surface area contributed by atoms with E-state index in [1.165, 1.54) is 12.8 Å². The van der Waals surface area contributed by atoms with Crippen molar-refractivity contribution in [2.75, 3.05) is 12.4 Å². The second-order valence-corrected chi connectivity index (χ2v) is 5.26. The molecule has 1 aromatic carbocycles. The number of benzene rings is 1. The van der Waals surface area contributed by atoms with Gasteiger partial charge in [0.05, 0.1) is 4.92 Å². The predicted molar refractivity (Wildman–Crippen MR) is 85.3 cm³/mol. The predicted octanol–water partition coefficient (Wildman–Crippen LogP) is 4.66. The Morgan fingerprint density at radius 2 is 1.60 bits per heavy atom. The van der Waals surface area contributed by atoms with Crippen molar-refractivity contribution in [3.63, 3.8) is 0 Å². The van der Waals surface area contributed by atoms with Crippen molar-refractivity contribution in [2.45, 2.75) is 50.8 Å². The fourth-order valence-electron chi connectivity index (χ4n) is 1.60. The summed E-state index contributed by atoms with van der Waals surface area (Å²) in [5.74, 6) is 1.04. The van der Waals surface area contributed by atoms with E-state index in [1.807, 2.05) is 13.8 Å². The molecular weight excluding hydrogens is 274 g/mol. The van der Waals surface area contributed by atoms with Gasteiger partial charge in [-0.15, -0.1) is 11.8 Å². The van der Waals surface area contributed by atoms with Gasteiger partial charge in [0.2, 0.25) is 0 Å². The van der Waals surface area contributed by atoms with E-state index in [1.54, 1.807) is 36.0 Å². The monoisotopic (exact) mass is 299 g/mol. The second kappa shape index (κ2) is 12.9. The smallest absolute Gasteiger partial charge is 0.269 e. The van der Waals surface area contributed by atoms with E-state index < -0.39 is 0 Å². The Bertz CT molecular complexity index is 355. The zero-order valence-corrected chi connectivity index (χ0v) is 13.2. The van der Waals surface area contributed by atoms with E-state index >= 15 is 0 Å². The fraction of sp³-hybridized carbons (Fsp3) is 0.600. The lowest BCUT2D eigenvalue weighted by Crippen LogP contribution is -1.87. The number of rotatable bonds is 9. The van der Waals surface area contributed by atoms with Crippen molar-refractivity contribution in [1.29, 1.82) is 0 Å². The summed E-state index contributed by atoms with van der Waals surface area (Å²) < 4.78 is 0. The van der Waals surface area contributed by atoms with Gasteiger partial charge in [0.15, 0.2) is 0 Å².